The number of nitrogens with two attached hydrogens (primary N) is 1. The molecule has 0 saturated heterocycles. The van der Waals surface area contributed by atoms with Crippen LogP contribution in [0.15, 0.2) is 0 Å². The Morgan fingerprint density at radius 3 is 1.53 bits per heavy atom. The van der Waals surface area contributed by atoms with E-state index in [4.69, 9.17) is 15.9 Å². The van der Waals surface area contributed by atoms with Gasteiger partial charge in [-0.25, -0.2) is 9.59 Å². The smallest absolute Gasteiger partial charge is 0.479 e. The fourth-order valence-electron chi connectivity index (χ4n) is 0.449. The van der Waals surface area contributed by atoms with Crippen LogP contribution in [0.2, 0.25) is 0 Å². The predicted molar refractivity (Wildman–Crippen MR) is 56.3 cm³/mol. The van der Waals surface area contributed by atoms with Crippen LogP contribution >= 0.6 is 0 Å². The Bertz CT molecular complexity index is 210. The van der Waals surface area contributed by atoms with Gasteiger partial charge in [0.1, 0.15) is 0 Å². The Labute approximate surface area is 113 Å². The van der Waals surface area contributed by atoms with Crippen molar-refractivity contribution in [3.63, 3.8) is 0 Å². The maximum absolute atomic E-state index is 10.5. The van der Waals surface area contributed by atoms with Crippen molar-refractivity contribution < 1.29 is 56.6 Å². The molecule has 0 aromatic rings. The van der Waals surface area contributed by atoms with Gasteiger partial charge in [0.15, 0.2) is 0 Å². The van der Waals surface area contributed by atoms with Gasteiger partial charge in [0.25, 0.3) is 0 Å². The van der Waals surface area contributed by atoms with Gasteiger partial charge in [0, 0.05) is 0 Å². The fraction of sp³-hybridized carbons (Fsp3) is 0.286. The molecule has 0 aromatic carbocycles. The summed E-state index contributed by atoms with van der Waals surface area (Å²) < 4.78 is 0. The van der Waals surface area contributed by atoms with Gasteiger partial charge in [-0.05, 0) is 0 Å². The summed E-state index contributed by atoms with van der Waals surface area (Å²) in [7, 11) is 0. The number of hydrogen-bond acceptors (Lipinski definition) is 4. The van der Waals surface area contributed by atoms with Crippen LogP contribution in [0.25, 0.3) is 0 Å². The molecular weight excluding hydrogens is 419 g/mol. The van der Waals surface area contributed by atoms with Crippen LogP contribution in [0.3, 0.4) is 0 Å². The van der Waals surface area contributed by atoms with E-state index in [0.717, 1.165) is 0 Å². The second-order valence-corrected chi connectivity index (χ2v) is 1.88. The van der Waals surface area contributed by atoms with Crippen molar-refractivity contribution in [1.82, 2.24) is 5.32 Å². The zero-order valence-corrected chi connectivity index (χ0v) is 11.6. The molecule has 0 atom stereocenters. The first-order valence-corrected chi connectivity index (χ1v) is 2.94. The molecule has 0 bridgehead atoms. The van der Waals surface area contributed by atoms with E-state index < -0.39 is 30.4 Å². The van der Waals surface area contributed by atoms with Gasteiger partial charge in [-0.3, -0.25) is 4.79 Å². The molecule has 0 fully saturated rings. The van der Waals surface area contributed by atoms with Gasteiger partial charge in [-0.15, -0.1) is 0 Å². The van der Waals surface area contributed by atoms with Crippen LogP contribution in [0, 0.1) is 14.9 Å². The van der Waals surface area contributed by atoms with Gasteiger partial charge in [-0.1, -0.05) is 0 Å². The van der Waals surface area contributed by atoms with E-state index in [9.17, 15) is 14.4 Å². The van der Waals surface area contributed by atoms with E-state index in [1.807, 2.05) is 0 Å². The molecule has 0 aliphatic rings. The third kappa shape index (κ3) is 15.0. The molecule has 0 aromatic heterocycles. The van der Waals surface area contributed by atoms with Crippen molar-refractivity contribution >= 4 is 17.8 Å². The second kappa shape index (κ2) is 17.4. The number of hydrogen-bond donors (Lipinski definition) is 4. The first kappa shape index (κ1) is 36.0. The molecule has 0 heterocycles. The summed E-state index contributed by atoms with van der Waals surface area (Å²) in [5.74, 6) is -4.10. The van der Waals surface area contributed by atoms with E-state index in [1.165, 1.54) is 0 Å². The summed E-state index contributed by atoms with van der Waals surface area (Å²) in [6.45, 7) is -0.447. The minimum atomic E-state index is -1.93. The summed E-state index contributed by atoms with van der Waals surface area (Å²) in [6, 6.07) is -1.93. The van der Waals surface area contributed by atoms with Crippen LogP contribution in [0.4, 0.5) is 0 Å². The molecule has 0 saturated carbocycles. The Balaban J connectivity index is -0.0000000605. The van der Waals surface area contributed by atoms with Crippen molar-refractivity contribution in [1.29, 1.82) is 0 Å². The van der Waals surface area contributed by atoms with Gasteiger partial charge in [0.2, 0.25) is 11.9 Å². The van der Waals surface area contributed by atoms with Crippen molar-refractivity contribution in [2.45, 2.75) is 6.04 Å². The third-order valence-corrected chi connectivity index (χ3v) is 0.985. The molecule has 108 valence electrons. The van der Waals surface area contributed by atoms with Crippen molar-refractivity contribution in [2.75, 3.05) is 6.54 Å². The van der Waals surface area contributed by atoms with Crippen molar-refractivity contribution in [3.05, 3.63) is 14.9 Å². The zero-order chi connectivity index (χ0) is 9.72. The van der Waals surface area contributed by atoms with Crippen molar-refractivity contribution in [3.8, 4) is 0 Å². The van der Waals surface area contributed by atoms with Gasteiger partial charge < -0.3 is 47.1 Å². The Morgan fingerprint density at radius 1 is 1.06 bits per heavy atom. The average molecular weight is 437 g/mol. The number of carboxylic acid groups (broad SMARTS) is 2. The summed E-state index contributed by atoms with van der Waals surface area (Å²) in [5, 5.41) is 18.2. The molecule has 0 radical (unpaired) electrons. The van der Waals surface area contributed by atoms with Crippen LogP contribution in [-0.2, 0) is 35.4 Å². The van der Waals surface area contributed by atoms with Gasteiger partial charge in [0.05, 0.1) is 6.54 Å². The monoisotopic (exact) mass is 437 g/mol. The van der Waals surface area contributed by atoms with E-state index in [1.54, 1.807) is 5.32 Å². The second-order valence-electron chi connectivity index (χ2n) is 1.88. The topological polar surface area (TPSA) is 193 Å². The van der Waals surface area contributed by atoms with E-state index in [0.29, 0.717) is 0 Å². The SMILES string of the molecule is NCC(=O)NC(C(=O)O)C(=O)O.O.O.[CH3-].[CH3-].[Pt+2]. The molecule has 0 aliphatic carbocycles. The summed E-state index contributed by atoms with van der Waals surface area (Å²) >= 11 is 0. The van der Waals surface area contributed by atoms with Crippen LogP contribution in [-0.4, -0.2) is 51.6 Å². The zero-order valence-electron chi connectivity index (χ0n) is 9.30. The molecule has 0 rings (SSSR count). The molecule has 0 unspecified atom stereocenters. The summed E-state index contributed by atoms with van der Waals surface area (Å²) in [6.07, 6.45) is 0. The predicted octanol–water partition coefficient (Wildman–Crippen LogP) is -3.15. The molecule has 17 heavy (non-hydrogen) atoms. The number of carboxylic acids is 2. The number of rotatable bonds is 4. The first-order valence-electron chi connectivity index (χ1n) is 2.94. The minimum Gasteiger partial charge on any atom is -0.479 e. The standard InChI is InChI=1S/C5H8N2O5.2CH3.2H2O.Pt/c6-1-2(8)7-3(4(9)10)5(11)12;;;;;/h3H,1,6H2,(H,7,8)(H,9,10)(H,11,12);2*1H3;2*1H2;/q;2*-1;;;+2. The molecule has 0 aliphatic heterocycles. The molecule has 10 heteroatoms. The van der Waals surface area contributed by atoms with Crippen LogP contribution in [0.1, 0.15) is 0 Å². The summed E-state index contributed by atoms with van der Waals surface area (Å²) in [5.41, 5.74) is 4.82. The molecule has 1 amide bonds. The molecule has 9 N–H and O–H groups in total. The molecular formula is C7H18N2O7Pt. The summed E-state index contributed by atoms with van der Waals surface area (Å²) in [4.78, 5) is 30.8. The Hall–Kier alpha value is -1.02. The third-order valence-electron chi connectivity index (χ3n) is 0.985. The normalized spacial score (nSPS) is 6.71. The first-order chi connectivity index (χ1) is 5.49. The fourth-order valence-corrected chi connectivity index (χ4v) is 0.449. The molecule has 0 spiro atoms. The number of carbonyl (C=O) groups is 3. The van der Waals surface area contributed by atoms with E-state index in [2.05, 4.69) is 0 Å². The average Bonchev–Trinajstić information content (AvgIpc) is 1.98. The van der Waals surface area contributed by atoms with Gasteiger partial charge in [-0.2, -0.15) is 0 Å². The number of amides is 1. The van der Waals surface area contributed by atoms with E-state index >= 15 is 0 Å². The number of aliphatic carboxylic acids is 2. The molecule has 9 nitrogen and oxygen atoms in total. The largest absolute Gasteiger partial charge is 2.00 e. The number of carbonyl (C=O) groups excluding carboxylic acids is 1. The maximum Gasteiger partial charge on any atom is 2.00 e. The van der Waals surface area contributed by atoms with Crippen molar-refractivity contribution in [2.24, 2.45) is 5.73 Å². The maximum atomic E-state index is 10.5. The van der Waals surface area contributed by atoms with Gasteiger partial charge >= 0.3 is 33.0 Å². The quantitative estimate of drug-likeness (QED) is 0.265. The Morgan fingerprint density at radius 2 is 1.35 bits per heavy atom. The number of nitrogens with one attached hydrogen (secondary N) is 1. The Kier molecular flexibility index (Phi) is 36.8. The van der Waals surface area contributed by atoms with E-state index in [-0.39, 0.29) is 46.9 Å². The van der Waals surface area contributed by atoms with Crippen LogP contribution < -0.4 is 11.1 Å². The minimum absolute atomic E-state index is 0. The van der Waals surface area contributed by atoms with Crippen LogP contribution in [0.5, 0.6) is 0 Å².